The fourth-order valence-electron chi connectivity index (χ4n) is 1.71. The third-order valence-electron chi connectivity index (χ3n) is 2.46. The lowest BCUT2D eigenvalue weighted by Crippen LogP contribution is -2.25. The lowest BCUT2D eigenvalue weighted by atomic mass is 10.0. The van der Waals surface area contributed by atoms with E-state index in [1.165, 1.54) is 5.56 Å². The van der Waals surface area contributed by atoms with Crippen molar-refractivity contribution in [3.63, 3.8) is 0 Å². The van der Waals surface area contributed by atoms with Crippen molar-refractivity contribution in [3.8, 4) is 0 Å². The van der Waals surface area contributed by atoms with Crippen LogP contribution in [0, 0.1) is 13.8 Å². The molecule has 5 heteroatoms. The second-order valence-corrected chi connectivity index (χ2v) is 4.31. The Morgan fingerprint density at radius 1 is 1.29 bits per heavy atom. The number of benzene rings is 1. The van der Waals surface area contributed by atoms with Gasteiger partial charge in [-0.15, -0.1) is 0 Å². The fraction of sp³-hybridized carbons (Fsp3) is 0.333. The molecular weight excluding hydrogens is 232 g/mol. The van der Waals surface area contributed by atoms with Gasteiger partial charge in [-0.1, -0.05) is 19.1 Å². The number of nitrogens with zero attached hydrogens (tertiary/aromatic N) is 1. The molecule has 0 aliphatic carbocycles. The summed E-state index contributed by atoms with van der Waals surface area (Å²) in [7, 11) is 0. The summed E-state index contributed by atoms with van der Waals surface area (Å²) < 4.78 is 0. The molecule has 1 rings (SSSR count). The summed E-state index contributed by atoms with van der Waals surface area (Å²) in [4.78, 5) is 3.79. The number of rotatable bonds is 2. The number of hydrogen-bond acceptors (Lipinski definition) is 1. The maximum Gasteiger partial charge on any atom is 0.200 e. The van der Waals surface area contributed by atoms with Crippen LogP contribution < -0.4 is 16.8 Å². The molecular formula is C12H18N4S. The summed E-state index contributed by atoms with van der Waals surface area (Å²) in [5.74, 6) is -0.0389. The first-order valence-corrected chi connectivity index (χ1v) is 5.85. The van der Waals surface area contributed by atoms with Crippen LogP contribution in [0.4, 0.5) is 5.69 Å². The summed E-state index contributed by atoms with van der Waals surface area (Å²) in [5.41, 5.74) is 15.1. The normalized spacial score (nSPS) is 9.82. The Labute approximate surface area is 107 Å². The van der Waals surface area contributed by atoms with Gasteiger partial charge in [-0.2, -0.15) is 4.99 Å². The zero-order chi connectivity index (χ0) is 13.0. The second kappa shape index (κ2) is 5.63. The van der Waals surface area contributed by atoms with E-state index in [0.717, 1.165) is 23.2 Å². The molecule has 0 atom stereocenters. The Bertz CT molecular complexity index is 439. The van der Waals surface area contributed by atoms with Gasteiger partial charge in [0.05, 0.1) is 0 Å². The van der Waals surface area contributed by atoms with Gasteiger partial charge >= 0.3 is 0 Å². The standard InChI is InChI=1S/C12H18N4S/c1-4-9-5-7(2)10(8(3)6-9)15-12(17)16-11(13)14/h5-6H,4H2,1-3H3,(H5,13,14,15,16,17). The number of nitrogens with one attached hydrogen (secondary N) is 1. The third-order valence-corrected chi connectivity index (χ3v) is 2.66. The molecule has 17 heavy (non-hydrogen) atoms. The first-order chi connectivity index (χ1) is 7.93. The highest BCUT2D eigenvalue weighted by Gasteiger charge is 2.06. The molecule has 0 aromatic heterocycles. The van der Waals surface area contributed by atoms with Crippen LogP contribution in [0.25, 0.3) is 0 Å². The van der Waals surface area contributed by atoms with E-state index in [1.807, 2.05) is 13.8 Å². The van der Waals surface area contributed by atoms with Crippen molar-refractivity contribution in [2.45, 2.75) is 27.2 Å². The zero-order valence-corrected chi connectivity index (χ0v) is 11.2. The largest absolute Gasteiger partial charge is 0.370 e. The number of anilines is 1. The lowest BCUT2D eigenvalue weighted by Gasteiger charge is -2.13. The van der Waals surface area contributed by atoms with E-state index in [9.17, 15) is 0 Å². The van der Waals surface area contributed by atoms with E-state index in [-0.39, 0.29) is 11.1 Å². The van der Waals surface area contributed by atoms with E-state index >= 15 is 0 Å². The monoisotopic (exact) mass is 250 g/mol. The van der Waals surface area contributed by atoms with Crippen molar-refractivity contribution >= 4 is 29.0 Å². The minimum absolute atomic E-state index is 0.0389. The molecule has 92 valence electrons. The molecule has 0 saturated heterocycles. The number of nitrogens with two attached hydrogens (primary N) is 2. The summed E-state index contributed by atoms with van der Waals surface area (Å²) >= 11 is 5.03. The van der Waals surface area contributed by atoms with Crippen LogP contribution in [-0.4, -0.2) is 11.1 Å². The van der Waals surface area contributed by atoms with Gasteiger partial charge < -0.3 is 16.8 Å². The fourth-order valence-corrected chi connectivity index (χ4v) is 1.91. The molecule has 1 aromatic rings. The average Bonchev–Trinajstić information content (AvgIpc) is 2.22. The maximum absolute atomic E-state index is 5.27. The molecule has 4 nitrogen and oxygen atoms in total. The minimum atomic E-state index is -0.0389. The lowest BCUT2D eigenvalue weighted by molar-refractivity contribution is 1.12. The van der Waals surface area contributed by atoms with Gasteiger partial charge in [0, 0.05) is 5.69 Å². The number of aryl methyl sites for hydroxylation is 3. The van der Waals surface area contributed by atoms with Crippen LogP contribution >= 0.6 is 12.2 Å². The maximum atomic E-state index is 5.27. The number of hydrogen-bond donors (Lipinski definition) is 3. The summed E-state index contributed by atoms with van der Waals surface area (Å²) in [5, 5.41) is 3.32. The Kier molecular flexibility index (Phi) is 4.45. The minimum Gasteiger partial charge on any atom is -0.370 e. The van der Waals surface area contributed by atoms with Gasteiger partial charge in [-0.05, 0) is 49.2 Å². The van der Waals surface area contributed by atoms with Gasteiger partial charge in [-0.25, -0.2) is 0 Å². The molecule has 0 amide bonds. The first-order valence-electron chi connectivity index (χ1n) is 5.44. The highest BCUT2D eigenvalue weighted by Crippen LogP contribution is 2.22. The number of thiocarbonyl (C=S) groups is 1. The van der Waals surface area contributed by atoms with Gasteiger partial charge in [0.25, 0.3) is 0 Å². The molecule has 0 radical (unpaired) electrons. The quantitative estimate of drug-likeness (QED) is 0.425. The van der Waals surface area contributed by atoms with Crippen LogP contribution in [-0.2, 0) is 6.42 Å². The highest BCUT2D eigenvalue weighted by atomic mass is 32.1. The van der Waals surface area contributed by atoms with E-state index in [1.54, 1.807) is 0 Å². The van der Waals surface area contributed by atoms with Crippen molar-refractivity contribution < 1.29 is 0 Å². The van der Waals surface area contributed by atoms with E-state index in [4.69, 9.17) is 23.7 Å². The van der Waals surface area contributed by atoms with Crippen molar-refractivity contribution in [2.24, 2.45) is 16.5 Å². The number of aliphatic imine (C=N–C) groups is 1. The van der Waals surface area contributed by atoms with E-state index in [0.29, 0.717) is 0 Å². The molecule has 0 fully saturated rings. The Morgan fingerprint density at radius 3 is 2.24 bits per heavy atom. The SMILES string of the molecule is CCc1cc(C)c(NC(=S)N=C(N)N)c(C)c1. The highest BCUT2D eigenvalue weighted by molar-refractivity contribution is 7.80. The predicted octanol–water partition coefficient (Wildman–Crippen LogP) is 1.84. The number of guanidine groups is 1. The molecule has 1 aromatic carbocycles. The van der Waals surface area contributed by atoms with Crippen LogP contribution in [0.3, 0.4) is 0 Å². The summed E-state index contributed by atoms with van der Waals surface area (Å²) in [6.07, 6.45) is 1.01. The van der Waals surface area contributed by atoms with Gasteiger partial charge in [0.15, 0.2) is 5.96 Å². The van der Waals surface area contributed by atoms with Crippen LogP contribution in [0.5, 0.6) is 0 Å². The molecule has 0 spiro atoms. The zero-order valence-electron chi connectivity index (χ0n) is 10.4. The van der Waals surface area contributed by atoms with Gasteiger partial charge in [0.1, 0.15) is 0 Å². The van der Waals surface area contributed by atoms with Gasteiger partial charge in [0.2, 0.25) is 5.11 Å². The van der Waals surface area contributed by atoms with Crippen LogP contribution in [0.15, 0.2) is 17.1 Å². The molecule has 5 N–H and O–H groups in total. The van der Waals surface area contributed by atoms with Crippen molar-refractivity contribution in [1.82, 2.24) is 0 Å². The Morgan fingerprint density at radius 2 is 1.82 bits per heavy atom. The van der Waals surface area contributed by atoms with Crippen molar-refractivity contribution in [1.29, 1.82) is 0 Å². The van der Waals surface area contributed by atoms with E-state index in [2.05, 4.69) is 29.4 Å². The Hall–Kier alpha value is -1.62. The summed E-state index contributed by atoms with van der Waals surface area (Å²) in [6, 6.07) is 4.26. The third kappa shape index (κ3) is 3.71. The first kappa shape index (κ1) is 13.4. The smallest absolute Gasteiger partial charge is 0.200 e. The van der Waals surface area contributed by atoms with E-state index < -0.39 is 0 Å². The molecule has 0 unspecified atom stereocenters. The van der Waals surface area contributed by atoms with Crippen molar-refractivity contribution in [2.75, 3.05) is 5.32 Å². The second-order valence-electron chi connectivity index (χ2n) is 3.92. The molecule has 0 aliphatic heterocycles. The average molecular weight is 250 g/mol. The van der Waals surface area contributed by atoms with Crippen LogP contribution in [0.1, 0.15) is 23.6 Å². The summed E-state index contributed by atoms with van der Waals surface area (Å²) in [6.45, 7) is 6.20. The molecule has 0 bridgehead atoms. The predicted molar refractivity (Wildman–Crippen MR) is 77.3 cm³/mol. The van der Waals surface area contributed by atoms with Gasteiger partial charge in [-0.3, -0.25) is 0 Å². The molecule has 0 saturated carbocycles. The molecule has 0 heterocycles. The van der Waals surface area contributed by atoms with Crippen LogP contribution in [0.2, 0.25) is 0 Å². The topological polar surface area (TPSA) is 76.4 Å². The van der Waals surface area contributed by atoms with Crippen molar-refractivity contribution in [3.05, 3.63) is 28.8 Å². The Balaban J connectivity index is 3.00. The molecule has 0 aliphatic rings.